The third kappa shape index (κ3) is 8.83. The van der Waals surface area contributed by atoms with E-state index < -0.39 is 11.9 Å². The molecule has 28 heavy (non-hydrogen) atoms. The quantitative estimate of drug-likeness (QED) is 0.308. The molecular formula is C19H27N3O6. The Morgan fingerprint density at radius 3 is 2.46 bits per heavy atom. The fraction of sp³-hybridized carbons (Fsp3) is 0.526. The van der Waals surface area contributed by atoms with Gasteiger partial charge in [-0.3, -0.25) is 9.69 Å². The van der Waals surface area contributed by atoms with Crippen molar-refractivity contribution in [2.75, 3.05) is 46.1 Å². The molecule has 0 aromatic carbocycles. The number of amides is 1. The fourth-order valence-electron chi connectivity index (χ4n) is 2.67. The van der Waals surface area contributed by atoms with Crippen LogP contribution >= 0.6 is 0 Å². The van der Waals surface area contributed by atoms with Crippen molar-refractivity contribution in [3.63, 3.8) is 0 Å². The molecule has 0 radical (unpaired) electrons. The van der Waals surface area contributed by atoms with E-state index in [1.807, 2.05) is 0 Å². The minimum atomic E-state index is -0.649. The summed E-state index contributed by atoms with van der Waals surface area (Å²) in [6.07, 6.45) is 5.49. The Morgan fingerprint density at radius 2 is 1.79 bits per heavy atom. The second-order valence-corrected chi connectivity index (χ2v) is 6.34. The van der Waals surface area contributed by atoms with E-state index >= 15 is 0 Å². The molecule has 0 unspecified atom stereocenters. The number of ether oxygens (including phenoxy) is 3. The molecule has 0 aromatic rings. The van der Waals surface area contributed by atoms with Crippen molar-refractivity contribution < 1.29 is 28.6 Å². The van der Waals surface area contributed by atoms with Crippen molar-refractivity contribution >= 4 is 17.8 Å². The number of nitrogens with one attached hydrogen (secondary N) is 2. The van der Waals surface area contributed by atoms with Gasteiger partial charge in [0, 0.05) is 43.4 Å². The minimum absolute atomic E-state index is 0.0686. The van der Waals surface area contributed by atoms with Gasteiger partial charge in [-0.15, -0.1) is 0 Å². The van der Waals surface area contributed by atoms with Gasteiger partial charge in [0.2, 0.25) is 0 Å². The van der Waals surface area contributed by atoms with Crippen molar-refractivity contribution in [2.45, 2.75) is 19.3 Å². The molecule has 1 saturated heterocycles. The third-order valence-electron chi connectivity index (χ3n) is 4.08. The van der Waals surface area contributed by atoms with Gasteiger partial charge < -0.3 is 24.8 Å². The van der Waals surface area contributed by atoms with E-state index in [-0.39, 0.29) is 12.5 Å². The summed E-state index contributed by atoms with van der Waals surface area (Å²) >= 11 is 0. The van der Waals surface area contributed by atoms with Gasteiger partial charge in [-0.25, -0.2) is 9.59 Å². The summed E-state index contributed by atoms with van der Waals surface area (Å²) in [5.41, 5.74) is 0.599. The first-order valence-electron chi connectivity index (χ1n) is 9.32. The van der Waals surface area contributed by atoms with E-state index in [1.54, 1.807) is 0 Å². The minimum Gasteiger partial charge on any atom is -0.463 e. The molecule has 9 heteroatoms. The van der Waals surface area contributed by atoms with Crippen LogP contribution in [0.2, 0.25) is 0 Å². The van der Waals surface area contributed by atoms with Crippen LogP contribution in [0.4, 0.5) is 0 Å². The van der Waals surface area contributed by atoms with Gasteiger partial charge in [0.15, 0.2) is 0 Å². The highest BCUT2D eigenvalue weighted by molar-refractivity contribution is 5.92. The largest absolute Gasteiger partial charge is 0.463 e. The summed E-state index contributed by atoms with van der Waals surface area (Å²) in [7, 11) is 0. The van der Waals surface area contributed by atoms with Crippen LogP contribution in [0.25, 0.3) is 0 Å². The van der Waals surface area contributed by atoms with E-state index in [0.717, 1.165) is 57.8 Å². The number of hydrogen-bond acceptors (Lipinski definition) is 8. The van der Waals surface area contributed by atoms with E-state index in [9.17, 15) is 14.4 Å². The van der Waals surface area contributed by atoms with Crippen molar-refractivity contribution in [3.8, 4) is 0 Å². The molecule has 154 valence electrons. The first kappa shape index (κ1) is 21.6. The Morgan fingerprint density at radius 1 is 1.11 bits per heavy atom. The van der Waals surface area contributed by atoms with Gasteiger partial charge in [0.05, 0.1) is 26.4 Å². The summed E-state index contributed by atoms with van der Waals surface area (Å²) in [6.45, 7) is 8.38. The average molecular weight is 393 g/mol. The molecule has 0 bridgehead atoms. The van der Waals surface area contributed by atoms with Gasteiger partial charge in [-0.05, 0) is 19.4 Å². The molecule has 1 fully saturated rings. The molecule has 0 atom stereocenters. The first-order valence-corrected chi connectivity index (χ1v) is 9.32. The van der Waals surface area contributed by atoms with Crippen molar-refractivity contribution in [1.82, 2.24) is 15.5 Å². The molecule has 9 nitrogen and oxygen atoms in total. The van der Waals surface area contributed by atoms with Crippen molar-refractivity contribution in [2.24, 2.45) is 0 Å². The van der Waals surface area contributed by atoms with Gasteiger partial charge >= 0.3 is 11.9 Å². The predicted octanol–water partition coefficient (Wildman–Crippen LogP) is 0.206. The Kier molecular flexibility index (Phi) is 9.23. The summed E-state index contributed by atoms with van der Waals surface area (Å²) in [5, 5.41) is 5.35. The standard InChI is InChI=1S/C19H27N3O6/c1-15-20-16(14-17(23)21-15)6-11-28-19(25)5-4-18(24)27-10-3-2-7-22-8-12-26-13-9-22/h4-5,14,20H,1-3,6-13H2,(H,21,23)/b5-4+. The number of unbranched alkanes of at least 4 members (excludes halogenated alkanes) is 1. The lowest BCUT2D eigenvalue weighted by Gasteiger charge is -2.26. The van der Waals surface area contributed by atoms with Crippen molar-refractivity contribution in [3.05, 3.63) is 36.3 Å². The highest BCUT2D eigenvalue weighted by atomic mass is 16.5. The zero-order valence-corrected chi connectivity index (χ0v) is 15.9. The maximum atomic E-state index is 11.6. The Bertz CT molecular complexity index is 638. The topological polar surface area (TPSA) is 106 Å². The van der Waals surface area contributed by atoms with Crippen LogP contribution in [0.3, 0.4) is 0 Å². The average Bonchev–Trinajstić information content (AvgIpc) is 2.66. The molecule has 0 aliphatic carbocycles. The highest BCUT2D eigenvalue weighted by Gasteiger charge is 2.12. The molecule has 0 saturated carbocycles. The van der Waals surface area contributed by atoms with Crippen LogP contribution in [0.1, 0.15) is 19.3 Å². The second kappa shape index (κ2) is 11.9. The van der Waals surface area contributed by atoms with Crippen LogP contribution in [0.15, 0.2) is 36.3 Å². The lowest BCUT2D eigenvalue weighted by atomic mass is 10.2. The smallest absolute Gasteiger partial charge is 0.331 e. The number of rotatable bonds is 10. The van der Waals surface area contributed by atoms with E-state index in [4.69, 9.17) is 14.2 Å². The zero-order valence-electron chi connectivity index (χ0n) is 15.9. The molecule has 2 heterocycles. The van der Waals surface area contributed by atoms with Crippen LogP contribution in [-0.2, 0) is 28.6 Å². The van der Waals surface area contributed by atoms with Crippen LogP contribution < -0.4 is 10.6 Å². The Balaban J connectivity index is 1.51. The van der Waals surface area contributed by atoms with Gasteiger partial charge in [0.1, 0.15) is 5.82 Å². The summed E-state index contributed by atoms with van der Waals surface area (Å²) in [4.78, 5) is 36.8. The summed E-state index contributed by atoms with van der Waals surface area (Å²) in [6, 6.07) is 0. The highest BCUT2D eigenvalue weighted by Crippen LogP contribution is 2.04. The predicted molar refractivity (Wildman–Crippen MR) is 101 cm³/mol. The van der Waals surface area contributed by atoms with Crippen LogP contribution in [0, 0.1) is 0 Å². The Hall–Kier alpha value is -2.65. The van der Waals surface area contributed by atoms with Crippen LogP contribution in [0.5, 0.6) is 0 Å². The molecular weight excluding hydrogens is 366 g/mol. The van der Waals surface area contributed by atoms with Gasteiger partial charge in [-0.1, -0.05) is 6.58 Å². The number of carbonyl (C=O) groups is 3. The van der Waals surface area contributed by atoms with Gasteiger partial charge in [-0.2, -0.15) is 0 Å². The second-order valence-electron chi connectivity index (χ2n) is 6.34. The summed E-state index contributed by atoms with van der Waals surface area (Å²) in [5.74, 6) is -1.13. The number of hydrogen-bond donors (Lipinski definition) is 2. The zero-order chi connectivity index (χ0) is 20.2. The van der Waals surface area contributed by atoms with Gasteiger partial charge in [0.25, 0.3) is 5.91 Å². The van der Waals surface area contributed by atoms with Crippen molar-refractivity contribution in [1.29, 1.82) is 0 Å². The fourth-order valence-corrected chi connectivity index (χ4v) is 2.67. The van der Waals surface area contributed by atoms with E-state index in [2.05, 4.69) is 22.1 Å². The molecule has 1 amide bonds. The maximum absolute atomic E-state index is 11.6. The SMILES string of the molecule is C=C1NC(=O)C=C(CCOC(=O)/C=C/C(=O)OCCCCN2CCOCC2)N1. The first-order chi connectivity index (χ1) is 13.5. The summed E-state index contributed by atoms with van der Waals surface area (Å²) < 4.78 is 15.3. The number of nitrogens with zero attached hydrogens (tertiary/aromatic N) is 1. The molecule has 2 aliphatic heterocycles. The maximum Gasteiger partial charge on any atom is 0.331 e. The third-order valence-corrected chi connectivity index (χ3v) is 4.08. The lowest BCUT2D eigenvalue weighted by Crippen LogP contribution is -2.36. The number of morpholine rings is 1. The Labute approximate surface area is 164 Å². The normalized spacial score (nSPS) is 17.6. The monoisotopic (exact) mass is 393 g/mol. The molecule has 0 spiro atoms. The molecule has 0 aromatic heterocycles. The number of carbonyl (C=O) groups excluding carboxylic acids is 3. The molecule has 2 aliphatic rings. The molecule has 2 rings (SSSR count). The van der Waals surface area contributed by atoms with E-state index in [0.29, 0.717) is 24.5 Å². The molecule has 2 N–H and O–H groups in total. The van der Waals surface area contributed by atoms with E-state index in [1.165, 1.54) is 6.08 Å². The number of esters is 2. The van der Waals surface area contributed by atoms with Crippen LogP contribution in [-0.4, -0.2) is 68.8 Å². The lowest BCUT2D eigenvalue weighted by molar-refractivity contribution is -0.140.